The van der Waals surface area contributed by atoms with Crippen LogP contribution in [0.5, 0.6) is 5.75 Å². The summed E-state index contributed by atoms with van der Waals surface area (Å²) in [5, 5.41) is 9.58. The van der Waals surface area contributed by atoms with Gasteiger partial charge in [0.15, 0.2) is 5.56 Å². The highest BCUT2D eigenvalue weighted by molar-refractivity contribution is 6.21. The lowest BCUT2D eigenvalue weighted by Crippen LogP contribution is -1.87. The molecule has 1 aliphatic heterocycles. The summed E-state index contributed by atoms with van der Waals surface area (Å²) in [6.07, 6.45) is 10.6. The topological polar surface area (TPSA) is 32.8 Å². The normalized spacial score (nSPS) is 19.8. The van der Waals surface area contributed by atoms with Gasteiger partial charge in [-0.05, 0) is 31.4 Å². The summed E-state index contributed by atoms with van der Waals surface area (Å²) < 4.78 is 4.68. The second-order valence-electron chi connectivity index (χ2n) is 5.69. The van der Waals surface area contributed by atoms with E-state index in [1.807, 2.05) is 25.1 Å². The first-order valence-corrected chi connectivity index (χ1v) is 8.65. The van der Waals surface area contributed by atoms with Gasteiger partial charge in [-0.15, -0.1) is 0 Å². The van der Waals surface area contributed by atoms with E-state index in [2.05, 4.69) is 11.7 Å². The maximum Gasteiger partial charge on any atom is 0.157 e. The molecule has 1 fully saturated rings. The van der Waals surface area contributed by atoms with Gasteiger partial charge in [-0.2, -0.15) is 0 Å². The lowest BCUT2D eigenvalue weighted by molar-refractivity contribution is 0.411. The Morgan fingerprint density at radius 1 is 1.05 bits per heavy atom. The van der Waals surface area contributed by atoms with Gasteiger partial charge in [0.25, 0.3) is 0 Å². The van der Waals surface area contributed by atoms with Crippen LogP contribution in [0.2, 0.25) is 0 Å². The molecule has 0 aromatic heterocycles. The molecular weight excluding hydrogens is 284 g/mol. The number of benzene rings is 1. The third kappa shape index (κ3) is 9.00. The van der Waals surface area contributed by atoms with Crippen LogP contribution in [0.15, 0.2) is 24.3 Å². The van der Waals surface area contributed by atoms with Crippen LogP contribution in [-0.2, 0) is 11.2 Å². The highest BCUT2D eigenvalue weighted by Gasteiger charge is 2.30. The molecule has 3 heteroatoms. The van der Waals surface area contributed by atoms with Gasteiger partial charge in [-0.25, -0.2) is 0 Å². The number of hydrogen-bond acceptors (Lipinski definition) is 2. The summed E-state index contributed by atoms with van der Waals surface area (Å²) >= 11 is 5.31. The standard InChI is InChI=1S/C15H24O.C3H5ClO/c1-2-3-4-5-6-7-8-11-14-12-9-10-13-15(14)16;1-2-3(4)5-2/h9-10,12-13,16H,2-8,11H2,1H3;2-3H,1H3. The van der Waals surface area contributed by atoms with Gasteiger partial charge in [0.05, 0.1) is 6.10 Å². The van der Waals surface area contributed by atoms with E-state index < -0.39 is 0 Å². The van der Waals surface area contributed by atoms with Gasteiger partial charge < -0.3 is 9.84 Å². The molecule has 1 N–H and O–H groups in total. The summed E-state index contributed by atoms with van der Waals surface area (Å²) in [7, 11) is 0. The minimum Gasteiger partial charge on any atom is -0.508 e. The molecule has 1 heterocycles. The molecule has 2 rings (SSSR count). The van der Waals surface area contributed by atoms with Crippen molar-refractivity contribution in [2.24, 2.45) is 0 Å². The van der Waals surface area contributed by atoms with Crippen molar-refractivity contribution in [2.45, 2.75) is 76.9 Å². The van der Waals surface area contributed by atoms with Crippen molar-refractivity contribution >= 4 is 11.6 Å². The Morgan fingerprint density at radius 2 is 1.57 bits per heavy atom. The quantitative estimate of drug-likeness (QED) is 0.382. The summed E-state index contributed by atoms with van der Waals surface area (Å²) in [6.45, 7) is 4.19. The van der Waals surface area contributed by atoms with Gasteiger partial charge in [0, 0.05) is 0 Å². The fraction of sp³-hybridized carbons (Fsp3) is 0.667. The molecule has 0 spiro atoms. The summed E-state index contributed by atoms with van der Waals surface area (Å²) in [6, 6.07) is 7.67. The zero-order valence-corrected chi connectivity index (χ0v) is 14.1. The minimum atomic E-state index is 0.0231. The van der Waals surface area contributed by atoms with Crippen molar-refractivity contribution in [1.29, 1.82) is 0 Å². The number of unbranched alkanes of at least 4 members (excludes halogenated alkanes) is 6. The molecular formula is C18H29ClO2. The number of ether oxygens (including phenoxy) is 1. The molecule has 1 aromatic carbocycles. The molecule has 1 saturated heterocycles. The third-order valence-corrected chi connectivity index (χ3v) is 4.14. The van der Waals surface area contributed by atoms with E-state index in [0.717, 1.165) is 12.0 Å². The van der Waals surface area contributed by atoms with Gasteiger partial charge in [-0.3, -0.25) is 0 Å². The number of hydrogen-bond donors (Lipinski definition) is 1. The number of epoxide rings is 1. The number of phenols is 1. The van der Waals surface area contributed by atoms with Gasteiger partial charge in [0.1, 0.15) is 5.75 Å². The predicted octanol–water partition coefficient (Wildman–Crippen LogP) is 5.66. The average molecular weight is 313 g/mol. The van der Waals surface area contributed by atoms with Crippen LogP contribution in [0.1, 0.15) is 64.4 Å². The highest BCUT2D eigenvalue weighted by atomic mass is 35.5. The Kier molecular flexibility index (Phi) is 9.53. The predicted molar refractivity (Wildman–Crippen MR) is 90.0 cm³/mol. The Hall–Kier alpha value is -0.730. The van der Waals surface area contributed by atoms with Crippen LogP contribution in [0, 0.1) is 0 Å². The van der Waals surface area contributed by atoms with Gasteiger partial charge >= 0.3 is 0 Å². The van der Waals surface area contributed by atoms with E-state index in [1.165, 1.54) is 44.9 Å². The van der Waals surface area contributed by atoms with E-state index in [0.29, 0.717) is 11.9 Å². The Balaban J connectivity index is 0.000000369. The average Bonchev–Trinajstić information content (AvgIpc) is 3.13. The molecule has 120 valence electrons. The smallest absolute Gasteiger partial charge is 0.157 e. The van der Waals surface area contributed by atoms with E-state index in [1.54, 1.807) is 6.07 Å². The fourth-order valence-corrected chi connectivity index (χ4v) is 2.32. The Labute approximate surface area is 134 Å². The van der Waals surface area contributed by atoms with Crippen LogP contribution in [0.25, 0.3) is 0 Å². The van der Waals surface area contributed by atoms with Gasteiger partial charge in [-0.1, -0.05) is 75.2 Å². The Morgan fingerprint density at radius 3 is 2.10 bits per heavy atom. The molecule has 1 aliphatic rings. The molecule has 0 saturated carbocycles. The summed E-state index contributed by atoms with van der Waals surface area (Å²) in [5.74, 6) is 0.452. The third-order valence-electron chi connectivity index (χ3n) is 3.68. The monoisotopic (exact) mass is 312 g/mol. The van der Waals surface area contributed by atoms with Crippen molar-refractivity contribution in [3.63, 3.8) is 0 Å². The molecule has 1 aromatic rings. The first kappa shape index (κ1) is 18.3. The minimum absolute atomic E-state index is 0.0231. The highest BCUT2D eigenvalue weighted by Crippen LogP contribution is 2.23. The molecule has 0 amide bonds. The van der Waals surface area contributed by atoms with E-state index in [9.17, 15) is 5.11 Å². The SMILES string of the molecule is CC1OC1Cl.CCCCCCCCCc1ccccc1O. The maximum atomic E-state index is 9.58. The van der Waals surface area contributed by atoms with Crippen LogP contribution >= 0.6 is 11.6 Å². The van der Waals surface area contributed by atoms with Gasteiger partial charge in [0.2, 0.25) is 0 Å². The second-order valence-corrected chi connectivity index (χ2v) is 6.12. The zero-order chi connectivity index (χ0) is 15.5. The lowest BCUT2D eigenvalue weighted by atomic mass is 10.0. The van der Waals surface area contributed by atoms with Crippen LogP contribution < -0.4 is 0 Å². The van der Waals surface area contributed by atoms with Crippen molar-refractivity contribution in [3.8, 4) is 5.75 Å². The molecule has 2 unspecified atom stereocenters. The number of aromatic hydroxyl groups is 1. The summed E-state index contributed by atoms with van der Waals surface area (Å²) in [4.78, 5) is 0. The number of aryl methyl sites for hydroxylation is 1. The van der Waals surface area contributed by atoms with E-state index in [-0.39, 0.29) is 5.56 Å². The zero-order valence-electron chi connectivity index (χ0n) is 13.4. The largest absolute Gasteiger partial charge is 0.508 e. The summed E-state index contributed by atoms with van der Waals surface area (Å²) in [5.41, 5.74) is 1.12. The Bertz CT molecular complexity index is 375. The molecule has 21 heavy (non-hydrogen) atoms. The first-order chi connectivity index (χ1) is 10.1. The molecule has 2 atom stereocenters. The number of halogens is 1. The first-order valence-electron chi connectivity index (χ1n) is 8.21. The maximum absolute atomic E-state index is 9.58. The molecule has 0 bridgehead atoms. The molecule has 0 radical (unpaired) electrons. The van der Waals surface area contributed by atoms with Crippen molar-refractivity contribution < 1.29 is 9.84 Å². The van der Waals surface area contributed by atoms with Crippen LogP contribution in [0.4, 0.5) is 0 Å². The fourth-order valence-electron chi connectivity index (χ4n) is 2.15. The van der Waals surface area contributed by atoms with Crippen LogP contribution in [-0.4, -0.2) is 16.8 Å². The molecule has 2 nitrogen and oxygen atoms in total. The van der Waals surface area contributed by atoms with Crippen molar-refractivity contribution in [2.75, 3.05) is 0 Å². The second kappa shape index (κ2) is 10.9. The van der Waals surface area contributed by atoms with Crippen molar-refractivity contribution in [1.82, 2.24) is 0 Å². The number of alkyl halides is 1. The van der Waals surface area contributed by atoms with E-state index in [4.69, 9.17) is 11.6 Å². The number of phenolic OH excluding ortho intramolecular Hbond substituents is 1. The van der Waals surface area contributed by atoms with E-state index >= 15 is 0 Å². The number of rotatable bonds is 8. The lowest BCUT2D eigenvalue weighted by Gasteiger charge is -2.04. The van der Waals surface area contributed by atoms with Crippen LogP contribution in [0.3, 0.4) is 0 Å². The van der Waals surface area contributed by atoms with Crippen molar-refractivity contribution in [3.05, 3.63) is 29.8 Å². The molecule has 0 aliphatic carbocycles. The number of para-hydroxylation sites is 1.